The molecule has 2 aliphatic rings. The Hall–Kier alpha value is -1.43. The maximum atomic E-state index is 5.89. The van der Waals surface area contributed by atoms with E-state index in [4.69, 9.17) is 16.0 Å². The van der Waals surface area contributed by atoms with Crippen LogP contribution in [0.2, 0.25) is 5.02 Å². The van der Waals surface area contributed by atoms with E-state index in [0.29, 0.717) is 16.8 Å². The lowest BCUT2D eigenvalue weighted by Gasteiger charge is -2.13. The fraction of sp³-hybridized carbons (Fsp3) is 0.467. The molecule has 0 unspecified atom stereocenters. The Kier molecular flexibility index (Phi) is 3.41. The molecular formula is C15H17ClN4O. The molecule has 6 heteroatoms. The van der Waals surface area contributed by atoms with Crippen LogP contribution in [0.5, 0.6) is 0 Å². The van der Waals surface area contributed by atoms with E-state index in [-0.39, 0.29) is 0 Å². The first-order valence-corrected chi connectivity index (χ1v) is 7.67. The van der Waals surface area contributed by atoms with Crippen LogP contribution in [-0.4, -0.2) is 41.3 Å². The van der Waals surface area contributed by atoms with E-state index in [1.807, 2.05) is 24.3 Å². The second kappa shape index (κ2) is 5.40. The fourth-order valence-electron chi connectivity index (χ4n) is 3.30. The molecule has 2 aromatic rings. The van der Waals surface area contributed by atoms with Crippen LogP contribution in [0.3, 0.4) is 0 Å². The Bertz CT molecular complexity index is 615. The van der Waals surface area contributed by atoms with Gasteiger partial charge in [-0.25, -0.2) is 0 Å². The SMILES string of the molecule is Clc1ccc(-c2nnc(CN3C[C@H]4CNC[C@H]4C3)o2)cc1. The first kappa shape index (κ1) is 13.2. The summed E-state index contributed by atoms with van der Waals surface area (Å²) in [5, 5.41) is 12.5. The lowest BCUT2D eigenvalue weighted by atomic mass is 10.0. The van der Waals surface area contributed by atoms with Gasteiger partial charge in [-0.15, -0.1) is 10.2 Å². The Morgan fingerprint density at radius 3 is 2.57 bits per heavy atom. The van der Waals surface area contributed by atoms with Gasteiger partial charge in [0.25, 0.3) is 0 Å². The number of benzene rings is 1. The number of halogens is 1. The van der Waals surface area contributed by atoms with Gasteiger partial charge in [-0.05, 0) is 49.2 Å². The van der Waals surface area contributed by atoms with Gasteiger partial charge < -0.3 is 9.73 Å². The van der Waals surface area contributed by atoms with Gasteiger partial charge in [-0.1, -0.05) is 11.6 Å². The van der Waals surface area contributed by atoms with E-state index >= 15 is 0 Å². The molecule has 0 aliphatic carbocycles. The number of rotatable bonds is 3. The zero-order chi connectivity index (χ0) is 14.2. The summed E-state index contributed by atoms with van der Waals surface area (Å²) >= 11 is 5.89. The van der Waals surface area contributed by atoms with Crippen molar-refractivity contribution < 1.29 is 4.42 Å². The predicted molar refractivity (Wildman–Crippen MR) is 79.9 cm³/mol. The number of fused-ring (bicyclic) bond motifs is 1. The van der Waals surface area contributed by atoms with Gasteiger partial charge in [0.2, 0.25) is 11.8 Å². The third kappa shape index (κ3) is 2.69. The zero-order valence-electron chi connectivity index (χ0n) is 11.6. The molecule has 0 bridgehead atoms. The standard InChI is InChI=1S/C15H17ClN4O/c16-13-3-1-10(2-4-13)15-19-18-14(21-15)9-20-7-11-5-17-6-12(11)8-20/h1-4,11-12,17H,5-9H2/t11-,12+. The van der Waals surface area contributed by atoms with Crippen LogP contribution in [0.1, 0.15) is 5.89 Å². The van der Waals surface area contributed by atoms with Gasteiger partial charge in [-0.2, -0.15) is 0 Å². The minimum Gasteiger partial charge on any atom is -0.419 e. The highest BCUT2D eigenvalue weighted by Gasteiger charge is 2.36. The summed E-state index contributed by atoms with van der Waals surface area (Å²) in [6.45, 7) is 5.27. The number of aromatic nitrogens is 2. The van der Waals surface area contributed by atoms with Crippen LogP contribution >= 0.6 is 11.6 Å². The smallest absolute Gasteiger partial charge is 0.247 e. The maximum Gasteiger partial charge on any atom is 0.247 e. The highest BCUT2D eigenvalue weighted by molar-refractivity contribution is 6.30. The van der Waals surface area contributed by atoms with Gasteiger partial charge in [0.15, 0.2) is 0 Å². The second-order valence-corrected chi connectivity index (χ2v) is 6.32. The molecule has 0 spiro atoms. The van der Waals surface area contributed by atoms with Crippen LogP contribution < -0.4 is 5.32 Å². The minimum absolute atomic E-state index is 0.558. The van der Waals surface area contributed by atoms with Crippen LogP contribution in [0.15, 0.2) is 28.7 Å². The molecule has 1 aromatic carbocycles. The van der Waals surface area contributed by atoms with Gasteiger partial charge in [0, 0.05) is 23.7 Å². The highest BCUT2D eigenvalue weighted by Crippen LogP contribution is 2.28. The minimum atomic E-state index is 0.558. The molecule has 2 aliphatic heterocycles. The van der Waals surface area contributed by atoms with Crippen LogP contribution in [-0.2, 0) is 6.54 Å². The monoisotopic (exact) mass is 304 g/mol. The van der Waals surface area contributed by atoms with Gasteiger partial charge in [0.05, 0.1) is 6.54 Å². The van der Waals surface area contributed by atoms with Gasteiger partial charge in [-0.3, -0.25) is 4.90 Å². The molecule has 2 fully saturated rings. The largest absolute Gasteiger partial charge is 0.419 e. The van der Waals surface area contributed by atoms with Crippen molar-refractivity contribution >= 4 is 11.6 Å². The molecule has 1 N–H and O–H groups in total. The maximum absolute atomic E-state index is 5.89. The molecule has 2 atom stereocenters. The summed E-state index contributed by atoms with van der Waals surface area (Å²) in [7, 11) is 0. The second-order valence-electron chi connectivity index (χ2n) is 5.88. The van der Waals surface area contributed by atoms with Gasteiger partial charge >= 0.3 is 0 Å². The van der Waals surface area contributed by atoms with Crippen molar-refractivity contribution in [2.45, 2.75) is 6.54 Å². The summed E-state index contributed by atoms with van der Waals surface area (Å²) in [5.74, 6) is 2.81. The Labute approximate surface area is 128 Å². The topological polar surface area (TPSA) is 54.2 Å². The molecular weight excluding hydrogens is 288 g/mol. The van der Waals surface area contributed by atoms with Crippen LogP contribution in [0.4, 0.5) is 0 Å². The number of nitrogens with zero attached hydrogens (tertiary/aromatic N) is 3. The molecule has 2 saturated heterocycles. The highest BCUT2D eigenvalue weighted by atomic mass is 35.5. The molecule has 21 heavy (non-hydrogen) atoms. The number of nitrogens with one attached hydrogen (secondary N) is 1. The summed E-state index contributed by atoms with van der Waals surface area (Å²) in [6, 6.07) is 7.45. The van der Waals surface area contributed by atoms with Crippen LogP contribution in [0.25, 0.3) is 11.5 Å². The first-order chi connectivity index (χ1) is 10.3. The van der Waals surface area contributed by atoms with E-state index < -0.39 is 0 Å². The molecule has 1 aromatic heterocycles. The summed E-state index contributed by atoms with van der Waals surface area (Å²) < 4.78 is 5.77. The molecule has 5 nitrogen and oxygen atoms in total. The molecule has 110 valence electrons. The van der Waals surface area contributed by atoms with Crippen molar-refractivity contribution in [1.82, 2.24) is 20.4 Å². The number of hydrogen-bond acceptors (Lipinski definition) is 5. The summed E-state index contributed by atoms with van der Waals surface area (Å²) in [4.78, 5) is 2.41. The van der Waals surface area contributed by atoms with Crippen molar-refractivity contribution in [2.24, 2.45) is 11.8 Å². The van der Waals surface area contributed by atoms with E-state index in [2.05, 4.69) is 20.4 Å². The van der Waals surface area contributed by atoms with Crippen molar-refractivity contribution in [1.29, 1.82) is 0 Å². The molecule has 0 saturated carbocycles. The predicted octanol–water partition coefficient (Wildman–Crippen LogP) is 2.04. The molecule has 0 radical (unpaired) electrons. The fourth-order valence-corrected chi connectivity index (χ4v) is 3.43. The quantitative estimate of drug-likeness (QED) is 0.940. The average molecular weight is 305 g/mol. The zero-order valence-corrected chi connectivity index (χ0v) is 12.4. The van der Waals surface area contributed by atoms with E-state index in [9.17, 15) is 0 Å². The first-order valence-electron chi connectivity index (χ1n) is 7.29. The van der Waals surface area contributed by atoms with E-state index in [1.54, 1.807) is 0 Å². The molecule has 0 amide bonds. The van der Waals surface area contributed by atoms with Crippen molar-refractivity contribution in [2.75, 3.05) is 26.2 Å². The van der Waals surface area contributed by atoms with Gasteiger partial charge in [0.1, 0.15) is 0 Å². The lowest BCUT2D eigenvalue weighted by Crippen LogP contribution is -2.25. The number of likely N-dealkylation sites (tertiary alicyclic amines) is 1. The van der Waals surface area contributed by atoms with E-state index in [0.717, 1.165) is 50.1 Å². The summed E-state index contributed by atoms with van der Waals surface area (Å²) in [6.07, 6.45) is 0. The lowest BCUT2D eigenvalue weighted by molar-refractivity contribution is 0.273. The Morgan fingerprint density at radius 2 is 1.86 bits per heavy atom. The summed E-state index contributed by atoms with van der Waals surface area (Å²) in [5.41, 5.74) is 0.903. The third-order valence-corrected chi connectivity index (χ3v) is 4.63. The average Bonchev–Trinajstić information content (AvgIpc) is 3.16. The Balaban J connectivity index is 1.44. The van der Waals surface area contributed by atoms with Crippen molar-refractivity contribution in [3.05, 3.63) is 35.2 Å². The third-order valence-electron chi connectivity index (χ3n) is 4.38. The molecule has 4 rings (SSSR count). The van der Waals surface area contributed by atoms with Crippen LogP contribution in [0, 0.1) is 11.8 Å². The Morgan fingerprint density at radius 1 is 1.14 bits per heavy atom. The molecule has 3 heterocycles. The normalized spacial score (nSPS) is 25.4. The van der Waals surface area contributed by atoms with E-state index in [1.165, 1.54) is 0 Å². The van der Waals surface area contributed by atoms with Crippen molar-refractivity contribution in [3.8, 4) is 11.5 Å². The van der Waals surface area contributed by atoms with Crippen molar-refractivity contribution in [3.63, 3.8) is 0 Å². The number of hydrogen-bond donors (Lipinski definition) is 1.